The third kappa shape index (κ3) is 5.95. The zero-order valence-electron chi connectivity index (χ0n) is 14.9. The van der Waals surface area contributed by atoms with Gasteiger partial charge in [0.15, 0.2) is 0 Å². The van der Waals surface area contributed by atoms with Crippen molar-refractivity contribution in [3.05, 3.63) is 0 Å². The monoisotopic (exact) mass is 298 g/mol. The van der Waals surface area contributed by atoms with Gasteiger partial charge in [-0.3, -0.25) is 4.79 Å². The van der Waals surface area contributed by atoms with E-state index in [1.54, 1.807) is 0 Å². The minimum absolute atomic E-state index is 0.0832. The molecule has 1 saturated heterocycles. The molecule has 0 spiro atoms. The third-order valence-electron chi connectivity index (χ3n) is 4.29. The first kappa shape index (κ1) is 18.4. The van der Waals surface area contributed by atoms with Gasteiger partial charge in [0.05, 0.1) is 6.10 Å². The van der Waals surface area contributed by atoms with Crippen LogP contribution in [0.15, 0.2) is 0 Å². The maximum Gasteiger partial charge on any atom is 0.225 e. The normalized spacial score (nSPS) is 26.5. The fourth-order valence-corrected chi connectivity index (χ4v) is 2.79. The second-order valence-electron chi connectivity index (χ2n) is 8.86. The first-order valence-corrected chi connectivity index (χ1v) is 8.07. The number of hydrogen-bond acceptors (Lipinski definition) is 3. The van der Waals surface area contributed by atoms with Gasteiger partial charge < -0.3 is 15.3 Å². The van der Waals surface area contributed by atoms with Gasteiger partial charge in [0, 0.05) is 24.5 Å². The first-order valence-electron chi connectivity index (χ1n) is 8.07. The molecule has 0 saturated carbocycles. The number of likely N-dealkylation sites (N-methyl/N-ethyl adjacent to an activating group) is 1. The van der Waals surface area contributed by atoms with Crippen molar-refractivity contribution in [1.82, 2.24) is 10.2 Å². The molecule has 2 N–H and O–H groups in total. The second-order valence-corrected chi connectivity index (χ2v) is 8.86. The van der Waals surface area contributed by atoms with Gasteiger partial charge in [-0.15, -0.1) is 0 Å². The molecule has 1 aliphatic heterocycles. The first-order chi connectivity index (χ1) is 9.39. The SMILES string of the molecule is CN1CC(CC(O)C(C)(C)C)CC(NC(=O)C(C)(C)C)C1. The van der Waals surface area contributed by atoms with Gasteiger partial charge in [-0.05, 0) is 31.2 Å². The van der Waals surface area contributed by atoms with Gasteiger partial charge in [0.2, 0.25) is 5.91 Å². The lowest BCUT2D eigenvalue weighted by atomic mass is 9.80. The molecule has 3 atom stereocenters. The van der Waals surface area contributed by atoms with Crippen molar-refractivity contribution >= 4 is 5.91 Å². The van der Waals surface area contributed by atoms with Crippen molar-refractivity contribution in [2.75, 3.05) is 20.1 Å². The Morgan fingerprint density at radius 2 is 1.81 bits per heavy atom. The Labute approximate surface area is 130 Å². The molecule has 0 radical (unpaired) electrons. The van der Waals surface area contributed by atoms with Crippen LogP contribution in [0.2, 0.25) is 0 Å². The molecule has 1 heterocycles. The summed E-state index contributed by atoms with van der Waals surface area (Å²) in [7, 11) is 2.09. The van der Waals surface area contributed by atoms with Gasteiger partial charge in [-0.2, -0.15) is 0 Å². The maximum atomic E-state index is 12.1. The van der Waals surface area contributed by atoms with E-state index >= 15 is 0 Å². The van der Waals surface area contributed by atoms with Gasteiger partial charge in [0.25, 0.3) is 0 Å². The van der Waals surface area contributed by atoms with Crippen LogP contribution in [0, 0.1) is 16.7 Å². The van der Waals surface area contributed by atoms with E-state index < -0.39 is 0 Å². The number of nitrogens with zero attached hydrogens (tertiary/aromatic N) is 1. The summed E-state index contributed by atoms with van der Waals surface area (Å²) in [4.78, 5) is 14.4. The number of nitrogens with one attached hydrogen (secondary N) is 1. The minimum atomic E-state index is -0.351. The molecular weight excluding hydrogens is 264 g/mol. The minimum Gasteiger partial charge on any atom is -0.393 e. The van der Waals surface area contributed by atoms with Crippen LogP contribution in [0.5, 0.6) is 0 Å². The Morgan fingerprint density at radius 1 is 1.24 bits per heavy atom. The van der Waals surface area contributed by atoms with Crippen LogP contribution in [-0.4, -0.2) is 48.2 Å². The summed E-state index contributed by atoms with van der Waals surface area (Å²) in [6.45, 7) is 13.9. The summed E-state index contributed by atoms with van der Waals surface area (Å²) in [5, 5.41) is 13.5. The lowest BCUT2D eigenvalue weighted by Gasteiger charge is -2.39. The van der Waals surface area contributed by atoms with Crippen molar-refractivity contribution in [3.8, 4) is 0 Å². The average Bonchev–Trinajstić information content (AvgIpc) is 2.25. The summed E-state index contributed by atoms with van der Waals surface area (Å²) < 4.78 is 0. The van der Waals surface area contributed by atoms with E-state index in [-0.39, 0.29) is 28.9 Å². The predicted molar refractivity (Wildman–Crippen MR) is 87.1 cm³/mol. The number of rotatable bonds is 3. The molecule has 3 unspecified atom stereocenters. The zero-order valence-corrected chi connectivity index (χ0v) is 14.9. The van der Waals surface area contributed by atoms with Gasteiger partial charge in [-0.1, -0.05) is 41.5 Å². The predicted octanol–water partition coefficient (Wildman–Crippen LogP) is 2.27. The number of aliphatic hydroxyl groups excluding tert-OH is 1. The number of likely N-dealkylation sites (tertiary alicyclic amines) is 1. The van der Waals surface area contributed by atoms with E-state index in [2.05, 4.69) is 38.0 Å². The largest absolute Gasteiger partial charge is 0.393 e. The lowest BCUT2D eigenvalue weighted by Crippen LogP contribution is -2.52. The molecule has 4 nitrogen and oxygen atoms in total. The van der Waals surface area contributed by atoms with Crippen molar-refractivity contribution in [2.24, 2.45) is 16.7 Å². The van der Waals surface area contributed by atoms with Crippen LogP contribution in [0.3, 0.4) is 0 Å². The van der Waals surface area contributed by atoms with Crippen LogP contribution >= 0.6 is 0 Å². The summed E-state index contributed by atoms with van der Waals surface area (Å²) in [6, 6.07) is 0.188. The van der Waals surface area contributed by atoms with E-state index in [0.717, 1.165) is 25.9 Å². The number of hydrogen-bond donors (Lipinski definition) is 2. The topological polar surface area (TPSA) is 52.6 Å². The molecule has 0 aromatic carbocycles. The van der Waals surface area contributed by atoms with Crippen LogP contribution in [0.25, 0.3) is 0 Å². The molecule has 21 heavy (non-hydrogen) atoms. The smallest absolute Gasteiger partial charge is 0.225 e. The average molecular weight is 298 g/mol. The number of carbonyl (C=O) groups excluding carboxylic acids is 1. The molecule has 4 heteroatoms. The number of carbonyl (C=O) groups is 1. The fourth-order valence-electron chi connectivity index (χ4n) is 2.79. The molecular formula is C17H34N2O2. The van der Waals surface area contributed by atoms with Crippen LogP contribution < -0.4 is 5.32 Å². The highest BCUT2D eigenvalue weighted by atomic mass is 16.3. The molecule has 1 amide bonds. The quantitative estimate of drug-likeness (QED) is 0.840. The van der Waals surface area contributed by atoms with E-state index in [1.165, 1.54) is 0 Å². The van der Waals surface area contributed by atoms with Gasteiger partial charge in [-0.25, -0.2) is 0 Å². The summed E-state index contributed by atoms with van der Waals surface area (Å²) in [5.74, 6) is 0.543. The highest BCUT2D eigenvalue weighted by Crippen LogP contribution is 2.29. The van der Waals surface area contributed by atoms with Crippen molar-refractivity contribution in [1.29, 1.82) is 0 Å². The Bertz CT molecular complexity index is 355. The molecule has 0 bridgehead atoms. The van der Waals surface area contributed by atoms with E-state index in [0.29, 0.717) is 5.92 Å². The van der Waals surface area contributed by atoms with Crippen LogP contribution in [-0.2, 0) is 4.79 Å². The van der Waals surface area contributed by atoms with Crippen molar-refractivity contribution < 1.29 is 9.90 Å². The van der Waals surface area contributed by atoms with Crippen molar-refractivity contribution in [3.63, 3.8) is 0 Å². The number of amides is 1. The molecule has 0 aromatic heterocycles. The molecule has 1 rings (SSSR count). The molecule has 0 aliphatic carbocycles. The Kier molecular flexibility index (Phi) is 5.84. The lowest BCUT2D eigenvalue weighted by molar-refractivity contribution is -0.129. The van der Waals surface area contributed by atoms with E-state index in [9.17, 15) is 9.90 Å². The molecule has 1 aliphatic rings. The standard InChI is InChI=1S/C17H34N2O2/c1-16(2,3)14(20)9-12-8-13(11-19(7)10-12)18-15(21)17(4,5)6/h12-14,20H,8-11H2,1-7H3,(H,18,21). The number of piperidine rings is 1. The number of aliphatic hydroxyl groups is 1. The Morgan fingerprint density at radius 3 is 2.29 bits per heavy atom. The molecule has 1 fully saturated rings. The summed E-state index contributed by atoms with van der Waals surface area (Å²) in [5.41, 5.74) is -0.434. The van der Waals surface area contributed by atoms with Gasteiger partial charge >= 0.3 is 0 Å². The highest BCUT2D eigenvalue weighted by molar-refractivity contribution is 5.81. The Hall–Kier alpha value is -0.610. The van der Waals surface area contributed by atoms with Crippen molar-refractivity contribution in [2.45, 2.75) is 66.5 Å². The third-order valence-corrected chi connectivity index (χ3v) is 4.29. The van der Waals surface area contributed by atoms with E-state index in [4.69, 9.17) is 0 Å². The maximum absolute atomic E-state index is 12.1. The summed E-state index contributed by atoms with van der Waals surface area (Å²) in [6.07, 6.45) is 1.46. The second kappa shape index (κ2) is 6.66. The summed E-state index contributed by atoms with van der Waals surface area (Å²) >= 11 is 0. The Balaban J connectivity index is 2.60. The molecule has 124 valence electrons. The highest BCUT2D eigenvalue weighted by Gasteiger charge is 2.32. The van der Waals surface area contributed by atoms with Crippen LogP contribution in [0.1, 0.15) is 54.4 Å². The fraction of sp³-hybridized carbons (Fsp3) is 0.941. The zero-order chi connectivity index (χ0) is 16.4. The van der Waals surface area contributed by atoms with Gasteiger partial charge in [0.1, 0.15) is 0 Å². The van der Waals surface area contributed by atoms with E-state index in [1.807, 2.05) is 20.8 Å². The molecule has 0 aromatic rings. The van der Waals surface area contributed by atoms with Crippen LogP contribution in [0.4, 0.5) is 0 Å².